The van der Waals surface area contributed by atoms with Crippen molar-refractivity contribution >= 4 is 6.09 Å². The summed E-state index contributed by atoms with van der Waals surface area (Å²) < 4.78 is 12.2. The maximum atomic E-state index is 13.6. The Morgan fingerprint density at radius 3 is 2.25 bits per heavy atom. The second-order valence-corrected chi connectivity index (χ2v) is 18.2. The van der Waals surface area contributed by atoms with Gasteiger partial charge in [-0.05, 0) is 158 Å². The number of carbonyl (C=O) groups is 1. The van der Waals surface area contributed by atoms with E-state index in [-0.39, 0.29) is 17.6 Å². The molecule has 1 amide bonds. The minimum atomic E-state index is -0.100. The van der Waals surface area contributed by atoms with E-state index >= 15 is 0 Å². The molecule has 4 rings (SSSR count). The number of hydrogen-bond acceptors (Lipinski definition) is 5. The molecule has 0 spiro atoms. The Labute approximate surface area is 297 Å². The number of carbonyl (C=O) groups excluding carboxylic acids is 1. The largest absolute Gasteiger partial charge is 0.446 e. The standard InChI is InChI=1S/C42H77N3O3/c1-32(2)15-12-16-33(3)37-19-20-38-36-18-17-34-31-35(21-23-41(34,4)39(36)22-24-42(37,38)5)48-40(46)45(28-13-25-43(6)7)27-10-11-29-47-30-14-26-44(8)9/h17,32-33,35-39H,10-16,18-31H2,1-9H3/t33-,35+,36+,37-,38?,39?,41+,42-/m1/s1. The normalized spacial score (nSPS) is 32.2. The lowest BCUT2D eigenvalue weighted by molar-refractivity contribution is -0.0593. The van der Waals surface area contributed by atoms with E-state index in [0.717, 1.165) is 113 Å². The summed E-state index contributed by atoms with van der Waals surface area (Å²) in [7, 11) is 8.41. The summed E-state index contributed by atoms with van der Waals surface area (Å²) in [6.45, 7) is 17.7. The highest BCUT2D eigenvalue weighted by atomic mass is 16.6. The van der Waals surface area contributed by atoms with Crippen molar-refractivity contribution in [2.45, 2.75) is 137 Å². The predicted octanol–water partition coefficient (Wildman–Crippen LogP) is 9.54. The zero-order chi connectivity index (χ0) is 34.9. The zero-order valence-corrected chi connectivity index (χ0v) is 33.0. The van der Waals surface area contributed by atoms with Gasteiger partial charge in [-0.1, -0.05) is 65.5 Å². The van der Waals surface area contributed by atoms with E-state index in [1.165, 1.54) is 57.8 Å². The Balaban J connectivity index is 1.30. The highest BCUT2D eigenvalue weighted by Crippen LogP contribution is 2.67. The molecule has 3 saturated carbocycles. The molecule has 6 heteroatoms. The van der Waals surface area contributed by atoms with Crippen molar-refractivity contribution in [3.8, 4) is 0 Å². The first-order valence-electron chi connectivity index (χ1n) is 20.4. The lowest BCUT2D eigenvalue weighted by atomic mass is 9.47. The van der Waals surface area contributed by atoms with Crippen LogP contribution in [0.2, 0.25) is 0 Å². The molecule has 0 heterocycles. The molecule has 0 aromatic heterocycles. The Hall–Kier alpha value is -1.11. The van der Waals surface area contributed by atoms with Crippen molar-refractivity contribution in [1.29, 1.82) is 0 Å². The lowest BCUT2D eigenvalue weighted by Crippen LogP contribution is -2.51. The molecule has 4 aliphatic rings. The topological polar surface area (TPSA) is 45.2 Å². The molecule has 0 bridgehead atoms. The van der Waals surface area contributed by atoms with Crippen molar-refractivity contribution in [3.63, 3.8) is 0 Å². The van der Waals surface area contributed by atoms with E-state index < -0.39 is 0 Å². The van der Waals surface area contributed by atoms with Gasteiger partial charge in [0.15, 0.2) is 0 Å². The van der Waals surface area contributed by atoms with Crippen molar-refractivity contribution < 1.29 is 14.3 Å². The summed E-state index contributed by atoms with van der Waals surface area (Å²) in [5.74, 6) is 5.12. The fourth-order valence-corrected chi connectivity index (χ4v) is 10.9. The second kappa shape index (κ2) is 18.4. The summed E-state index contributed by atoms with van der Waals surface area (Å²) in [6, 6.07) is 0. The van der Waals surface area contributed by atoms with E-state index in [9.17, 15) is 4.79 Å². The molecular weight excluding hydrogens is 594 g/mol. The first-order chi connectivity index (χ1) is 22.8. The first-order valence-corrected chi connectivity index (χ1v) is 20.4. The summed E-state index contributed by atoms with van der Waals surface area (Å²) in [5, 5.41) is 0. The van der Waals surface area contributed by atoms with Crippen LogP contribution in [0.5, 0.6) is 0 Å². The molecule has 4 aliphatic carbocycles. The van der Waals surface area contributed by atoms with Gasteiger partial charge in [-0.15, -0.1) is 0 Å². The number of unbranched alkanes of at least 4 members (excludes halogenated alkanes) is 1. The maximum absolute atomic E-state index is 13.6. The third-order valence-corrected chi connectivity index (χ3v) is 13.7. The summed E-state index contributed by atoms with van der Waals surface area (Å²) in [6.07, 6.45) is 20.8. The number of allylic oxidation sites excluding steroid dienone is 1. The number of fused-ring (bicyclic) bond motifs is 5. The van der Waals surface area contributed by atoms with Crippen molar-refractivity contribution in [3.05, 3.63) is 11.6 Å². The van der Waals surface area contributed by atoms with Crippen LogP contribution in [0.1, 0.15) is 131 Å². The number of ether oxygens (including phenoxy) is 2. The van der Waals surface area contributed by atoms with Gasteiger partial charge in [-0.25, -0.2) is 4.79 Å². The highest BCUT2D eigenvalue weighted by Gasteiger charge is 2.59. The molecule has 0 radical (unpaired) electrons. The van der Waals surface area contributed by atoms with Crippen molar-refractivity contribution in [2.75, 3.05) is 67.6 Å². The molecule has 6 nitrogen and oxygen atoms in total. The Morgan fingerprint density at radius 2 is 1.52 bits per heavy atom. The molecule has 278 valence electrons. The monoisotopic (exact) mass is 672 g/mol. The fraction of sp³-hybridized carbons (Fsp3) is 0.929. The molecule has 8 atom stereocenters. The predicted molar refractivity (Wildman–Crippen MR) is 201 cm³/mol. The van der Waals surface area contributed by atoms with Gasteiger partial charge < -0.3 is 24.2 Å². The summed E-state index contributed by atoms with van der Waals surface area (Å²) in [5.41, 5.74) is 2.42. The molecule has 0 saturated heterocycles. The minimum absolute atomic E-state index is 0.0150. The average Bonchev–Trinajstić information content (AvgIpc) is 3.38. The quantitative estimate of drug-likeness (QED) is 0.101. The van der Waals surface area contributed by atoms with Gasteiger partial charge in [0, 0.05) is 32.7 Å². The molecule has 0 aliphatic heterocycles. The van der Waals surface area contributed by atoms with Crippen LogP contribution in [0.3, 0.4) is 0 Å². The van der Waals surface area contributed by atoms with E-state index in [1.54, 1.807) is 5.57 Å². The van der Waals surface area contributed by atoms with Crippen LogP contribution >= 0.6 is 0 Å². The van der Waals surface area contributed by atoms with Crippen molar-refractivity contribution in [2.24, 2.45) is 46.3 Å². The van der Waals surface area contributed by atoms with E-state index in [0.29, 0.717) is 5.41 Å². The Kier molecular flexibility index (Phi) is 15.2. The van der Waals surface area contributed by atoms with Gasteiger partial charge in [0.1, 0.15) is 6.10 Å². The Morgan fingerprint density at radius 1 is 0.812 bits per heavy atom. The van der Waals surface area contributed by atoms with Crippen LogP contribution in [0.15, 0.2) is 11.6 Å². The number of amides is 1. The lowest BCUT2D eigenvalue weighted by Gasteiger charge is -2.58. The highest BCUT2D eigenvalue weighted by molar-refractivity contribution is 5.67. The smallest absolute Gasteiger partial charge is 0.410 e. The number of hydrogen-bond donors (Lipinski definition) is 0. The number of rotatable bonds is 19. The van der Waals surface area contributed by atoms with Gasteiger partial charge in [-0.3, -0.25) is 0 Å². The third-order valence-electron chi connectivity index (χ3n) is 13.7. The van der Waals surface area contributed by atoms with Crippen LogP contribution in [-0.4, -0.2) is 94.5 Å². The van der Waals surface area contributed by atoms with Gasteiger partial charge in [0.25, 0.3) is 0 Å². The van der Waals surface area contributed by atoms with Crippen LogP contribution in [0.4, 0.5) is 4.79 Å². The van der Waals surface area contributed by atoms with Crippen LogP contribution in [0, 0.1) is 46.3 Å². The van der Waals surface area contributed by atoms with Gasteiger partial charge in [-0.2, -0.15) is 0 Å². The van der Waals surface area contributed by atoms with Gasteiger partial charge >= 0.3 is 6.09 Å². The molecule has 2 unspecified atom stereocenters. The van der Waals surface area contributed by atoms with E-state index in [1.807, 2.05) is 4.90 Å². The zero-order valence-electron chi connectivity index (χ0n) is 33.0. The minimum Gasteiger partial charge on any atom is -0.446 e. The second-order valence-electron chi connectivity index (χ2n) is 18.2. The first kappa shape index (κ1) is 39.7. The molecular formula is C42H77N3O3. The fourth-order valence-electron chi connectivity index (χ4n) is 10.9. The maximum Gasteiger partial charge on any atom is 0.410 e. The Bertz CT molecular complexity index is 1010. The van der Waals surface area contributed by atoms with Gasteiger partial charge in [0.2, 0.25) is 0 Å². The van der Waals surface area contributed by atoms with Crippen molar-refractivity contribution in [1.82, 2.24) is 14.7 Å². The third kappa shape index (κ3) is 10.2. The van der Waals surface area contributed by atoms with Crippen LogP contribution < -0.4 is 0 Å². The summed E-state index contributed by atoms with van der Waals surface area (Å²) in [4.78, 5) is 20.0. The number of nitrogens with zero attached hydrogens (tertiary/aromatic N) is 3. The molecule has 0 aromatic carbocycles. The van der Waals surface area contributed by atoms with Gasteiger partial charge in [0.05, 0.1) is 0 Å². The van der Waals surface area contributed by atoms with E-state index in [4.69, 9.17) is 9.47 Å². The molecule has 3 fully saturated rings. The van der Waals surface area contributed by atoms with E-state index in [2.05, 4.69) is 78.7 Å². The molecule has 0 N–H and O–H groups in total. The SMILES string of the molecule is CC(C)CCC[C@@H](C)[C@H]1CCC2[C@@H]3CC=C4C[C@@H](OC(=O)N(CCCCOCCCN(C)C)CCCN(C)C)CC[C@]4(C)C3CC[C@@]21C. The van der Waals surface area contributed by atoms with Crippen LogP contribution in [-0.2, 0) is 9.47 Å². The molecule has 48 heavy (non-hydrogen) atoms. The average molecular weight is 672 g/mol. The summed E-state index contributed by atoms with van der Waals surface area (Å²) >= 11 is 0. The molecule has 0 aromatic rings. The van der Waals surface area contributed by atoms with Crippen LogP contribution in [0.25, 0.3) is 0 Å².